The van der Waals surface area contributed by atoms with Crippen molar-refractivity contribution < 1.29 is 14.6 Å². The van der Waals surface area contributed by atoms with Gasteiger partial charge in [-0.25, -0.2) is 0 Å². The standard InChI is InChI=1S/C11H20N4O3/c1-14(6-9(16)7-18-3)11(17)10(12)8-4-13-15(2)5-8/h4-5,9-10,16H,6-7,12H2,1-3H3. The number of nitrogens with zero attached hydrogens (tertiary/aromatic N) is 3. The van der Waals surface area contributed by atoms with Crippen LogP contribution < -0.4 is 5.73 Å². The molecule has 0 aliphatic heterocycles. The van der Waals surface area contributed by atoms with E-state index in [9.17, 15) is 9.90 Å². The summed E-state index contributed by atoms with van der Waals surface area (Å²) in [5.41, 5.74) is 6.49. The van der Waals surface area contributed by atoms with E-state index in [1.165, 1.54) is 12.0 Å². The highest BCUT2D eigenvalue weighted by molar-refractivity contribution is 5.82. The van der Waals surface area contributed by atoms with E-state index in [-0.39, 0.29) is 19.1 Å². The van der Waals surface area contributed by atoms with Crippen LogP contribution in [0.5, 0.6) is 0 Å². The van der Waals surface area contributed by atoms with Crippen LogP contribution in [0.3, 0.4) is 0 Å². The molecule has 0 radical (unpaired) electrons. The van der Waals surface area contributed by atoms with Crippen molar-refractivity contribution in [1.29, 1.82) is 0 Å². The number of aliphatic hydroxyl groups excluding tert-OH is 1. The third-order valence-corrected chi connectivity index (χ3v) is 2.57. The number of aromatic nitrogens is 2. The molecule has 0 aliphatic rings. The number of amides is 1. The van der Waals surface area contributed by atoms with Crippen molar-refractivity contribution >= 4 is 5.91 Å². The van der Waals surface area contributed by atoms with E-state index in [1.807, 2.05) is 0 Å². The summed E-state index contributed by atoms with van der Waals surface area (Å²) in [4.78, 5) is 13.4. The minimum Gasteiger partial charge on any atom is -0.389 e. The van der Waals surface area contributed by atoms with Crippen molar-refractivity contribution in [3.8, 4) is 0 Å². The first-order chi connectivity index (χ1) is 8.45. The van der Waals surface area contributed by atoms with Gasteiger partial charge in [-0.15, -0.1) is 0 Å². The second kappa shape index (κ2) is 6.48. The Kier molecular flexibility index (Phi) is 5.26. The summed E-state index contributed by atoms with van der Waals surface area (Å²) >= 11 is 0. The molecule has 0 bridgehead atoms. The Bertz CT molecular complexity index is 393. The Labute approximate surface area is 106 Å². The molecule has 102 valence electrons. The lowest BCUT2D eigenvalue weighted by molar-refractivity contribution is -0.133. The fourth-order valence-electron chi connectivity index (χ4n) is 1.63. The summed E-state index contributed by atoms with van der Waals surface area (Å²) in [7, 11) is 4.84. The highest BCUT2D eigenvalue weighted by Gasteiger charge is 2.22. The van der Waals surface area contributed by atoms with Gasteiger partial charge < -0.3 is 20.5 Å². The van der Waals surface area contributed by atoms with Gasteiger partial charge in [0.05, 0.1) is 18.9 Å². The molecule has 0 saturated carbocycles. The third kappa shape index (κ3) is 3.80. The maximum Gasteiger partial charge on any atom is 0.244 e. The molecule has 1 aromatic heterocycles. The molecule has 7 heteroatoms. The Balaban J connectivity index is 2.58. The Morgan fingerprint density at radius 1 is 1.72 bits per heavy atom. The smallest absolute Gasteiger partial charge is 0.244 e. The molecule has 1 aromatic rings. The highest BCUT2D eigenvalue weighted by atomic mass is 16.5. The lowest BCUT2D eigenvalue weighted by Gasteiger charge is -2.23. The van der Waals surface area contributed by atoms with Gasteiger partial charge in [0.15, 0.2) is 0 Å². The SMILES string of the molecule is COCC(O)CN(C)C(=O)C(N)c1cnn(C)c1. The number of aliphatic hydroxyl groups is 1. The summed E-state index contributed by atoms with van der Waals surface area (Å²) in [6.45, 7) is 0.361. The zero-order valence-electron chi connectivity index (χ0n) is 10.9. The molecule has 18 heavy (non-hydrogen) atoms. The molecular formula is C11H20N4O3. The van der Waals surface area contributed by atoms with Gasteiger partial charge in [-0.3, -0.25) is 9.48 Å². The van der Waals surface area contributed by atoms with E-state index >= 15 is 0 Å². The van der Waals surface area contributed by atoms with E-state index in [0.29, 0.717) is 5.56 Å². The van der Waals surface area contributed by atoms with E-state index in [1.54, 1.807) is 31.2 Å². The summed E-state index contributed by atoms with van der Waals surface area (Å²) in [5.74, 6) is -0.266. The van der Waals surface area contributed by atoms with Crippen LogP contribution in [0.1, 0.15) is 11.6 Å². The molecular weight excluding hydrogens is 236 g/mol. The van der Waals surface area contributed by atoms with Crippen LogP contribution in [-0.2, 0) is 16.6 Å². The van der Waals surface area contributed by atoms with E-state index in [4.69, 9.17) is 10.5 Å². The van der Waals surface area contributed by atoms with Crippen LogP contribution in [0, 0.1) is 0 Å². The maximum absolute atomic E-state index is 12.0. The number of rotatable bonds is 6. The van der Waals surface area contributed by atoms with Crippen LogP contribution in [-0.4, -0.2) is 59.1 Å². The zero-order chi connectivity index (χ0) is 13.7. The lowest BCUT2D eigenvalue weighted by Crippen LogP contribution is -2.41. The summed E-state index contributed by atoms with van der Waals surface area (Å²) in [5, 5.41) is 13.5. The van der Waals surface area contributed by atoms with Crippen LogP contribution in [0.2, 0.25) is 0 Å². The minimum absolute atomic E-state index is 0.180. The summed E-state index contributed by atoms with van der Waals surface area (Å²) in [6, 6.07) is -0.765. The van der Waals surface area contributed by atoms with Crippen molar-refractivity contribution in [3.05, 3.63) is 18.0 Å². The van der Waals surface area contributed by atoms with Crippen molar-refractivity contribution in [2.24, 2.45) is 12.8 Å². The topological polar surface area (TPSA) is 93.6 Å². The number of nitrogens with two attached hydrogens (primary N) is 1. The van der Waals surface area contributed by atoms with E-state index in [2.05, 4.69) is 5.10 Å². The fraction of sp³-hybridized carbons (Fsp3) is 0.636. The molecule has 1 rings (SSSR count). The van der Waals surface area contributed by atoms with Gasteiger partial charge in [-0.2, -0.15) is 5.10 Å². The molecule has 0 aromatic carbocycles. The van der Waals surface area contributed by atoms with Gasteiger partial charge in [-0.05, 0) is 0 Å². The van der Waals surface area contributed by atoms with Crippen LogP contribution in [0.25, 0.3) is 0 Å². The van der Waals surface area contributed by atoms with Crippen molar-refractivity contribution in [2.45, 2.75) is 12.1 Å². The number of carbonyl (C=O) groups excluding carboxylic acids is 1. The predicted molar refractivity (Wildman–Crippen MR) is 65.7 cm³/mol. The van der Waals surface area contributed by atoms with Crippen LogP contribution in [0.4, 0.5) is 0 Å². The molecule has 3 N–H and O–H groups in total. The predicted octanol–water partition coefficient (Wildman–Crippen LogP) is -1.11. The lowest BCUT2D eigenvalue weighted by atomic mass is 10.1. The second-order valence-corrected chi connectivity index (χ2v) is 4.25. The Morgan fingerprint density at radius 3 is 2.89 bits per heavy atom. The average Bonchev–Trinajstić information content (AvgIpc) is 2.74. The van der Waals surface area contributed by atoms with E-state index < -0.39 is 12.1 Å². The zero-order valence-corrected chi connectivity index (χ0v) is 10.9. The highest BCUT2D eigenvalue weighted by Crippen LogP contribution is 2.11. The van der Waals surface area contributed by atoms with Gasteiger partial charge in [0.2, 0.25) is 5.91 Å². The molecule has 2 unspecified atom stereocenters. The minimum atomic E-state index is -0.765. The largest absolute Gasteiger partial charge is 0.389 e. The fourth-order valence-corrected chi connectivity index (χ4v) is 1.63. The molecule has 7 nitrogen and oxygen atoms in total. The van der Waals surface area contributed by atoms with Crippen molar-refractivity contribution in [2.75, 3.05) is 27.3 Å². The number of hydrogen-bond acceptors (Lipinski definition) is 5. The number of carbonyl (C=O) groups is 1. The number of hydrogen-bond donors (Lipinski definition) is 2. The number of ether oxygens (including phenoxy) is 1. The second-order valence-electron chi connectivity index (χ2n) is 4.25. The van der Waals surface area contributed by atoms with Crippen LogP contribution >= 0.6 is 0 Å². The van der Waals surface area contributed by atoms with Gasteiger partial charge in [0.25, 0.3) is 0 Å². The Morgan fingerprint density at radius 2 is 2.39 bits per heavy atom. The van der Waals surface area contributed by atoms with Crippen molar-refractivity contribution in [1.82, 2.24) is 14.7 Å². The normalized spacial score (nSPS) is 14.3. The Hall–Kier alpha value is -1.44. The molecule has 1 heterocycles. The molecule has 1 amide bonds. The van der Waals surface area contributed by atoms with Gasteiger partial charge >= 0.3 is 0 Å². The monoisotopic (exact) mass is 256 g/mol. The molecule has 0 fully saturated rings. The van der Waals surface area contributed by atoms with Crippen LogP contribution in [0.15, 0.2) is 12.4 Å². The number of methoxy groups -OCH3 is 1. The average molecular weight is 256 g/mol. The van der Waals surface area contributed by atoms with Gasteiger partial charge in [0.1, 0.15) is 6.04 Å². The third-order valence-electron chi connectivity index (χ3n) is 2.57. The van der Waals surface area contributed by atoms with Crippen molar-refractivity contribution in [3.63, 3.8) is 0 Å². The van der Waals surface area contributed by atoms with Gasteiger partial charge in [-0.1, -0.05) is 0 Å². The molecule has 2 atom stereocenters. The van der Waals surface area contributed by atoms with Gasteiger partial charge in [0, 0.05) is 39.5 Å². The first-order valence-corrected chi connectivity index (χ1v) is 5.61. The number of aryl methyl sites for hydroxylation is 1. The molecule has 0 aliphatic carbocycles. The maximum atomic E-state index is 12.0. The quantitative estimate of drug-likeness (QED) is 0.673. The first-order valence-electron chi connectivity index (χ1n) is 5.61. The first kappa shape index (κ1) is 14.6. The molecule has 0 saturated heterocycles. The summed E-state index contributed by atoms with van der Waals surface area (Å²) in [6.07, 6.45) is 2.54. The van der Waals surface area contributed by atoms with E-state index in [0.717, 1.165) is 0 Å². The number of likely N-dealkylation sites (N-methyl/N-ethyl adjacent to an activating group) is 1. The summed E-state index contributed by atoms with van der Waals surface area (Å²) < 4.78 is 6.39. The molecule has 0 spiro atoms.